The Balaban J connectivity index is 1.87. The van der Waals surface area contributed by atoms with Crippen molar-refractivity contribution in [1.29, 1.82) is 0 Å². The van der Waals surface area contributed by atoms with E-state index in [0.717, 1.165) is 6.26 Å². The highest BCUT2D eigenvalue weighted by Gasteiger charge is 2.15. The highest BCUT2D eigenvalue weighted by molar-refractivity contribution is 7.98. The SMILES string of the molecule is Cc1cc(C(=O)NCCSCc2c(F)cccc2Cl)ccc1N(C)S(C)(=O)=O. The first-order valence-corrected chi connectivity index (χ1v) is 11.8. The summed E-state index contributed by atoms with van der Waals surface area (Å²) in [5.41, 5.74) is 2.12. The lowest BCUT2D eigenvalue weighted by molar-refractivity contribution is 0.0956. The van der Waals surface area contributed by atoms with Crippen LogP contribution in [0.4, 0.5) is 10.1 Å². The Bertz CT molecular complexity index is 947. The van der Waals surface area contributed by atoms with E-state index in [1.54, 1.807) is 37.3 Å². The van der Waals surface area contributed by atoms with Crippen LogP contribution in [0.3, 0.4) is 0 Å². The molecule has 9 heteroatoms. The molecular formula is C19H22ClFN2O3S2. The Labute approximate surface area is 174 Å². The first kappa shape index (κ1) is 22.5. The normalized spacial score (nSPS) is 11.3. The second-order valence-electron chi connectivity index (χ2n) is 6.24. The molecule has 0 saturated heterocycles. The average Bonchev–Trinajstić information content (AvgIpc) is 2.62. The van der Waals surface area contributed by atoms with E-state index in [-0.39, 0.29) is 11.7 Å². The van der Waals surface area contributed by atoms with Crippen LogP contribution in [0.15, 0.2) is 36.4 Å². The molecule has 0 aliphatic rings. The maximum atomic E-state index is 13.7. The van der Waals surface area contributed by atoms with Gasteiger partial charge in [-0.2, -0.15) is 11.8 Å². The first-order chi connectivity index (χ1) is 13.1. The van der Waals surface area contributed by atoms with Crippen LogP contribution in [-0.4, -0.2) is 39.9 Å². The third kappa shape index (κ3) is 5.86. The van der Waals surface area contributed by atoms with Crippen LogP contribution in [0.1, 0.15) is 21.5 Å². The second-order valence-corrected chi connectivity index (χ2v) is 9.77. The molecule has 152 valence electrons. The molecule has 0 radical (unpaired) electrons. The molecule has 2 rings (SSSR count). The Kier molecular flexibility index (Phi) is 7.74. The largest absolute Gasteiger partial charge is 0.351 e. The summed E-state index contributed by atoms with van der Waals surface area (Å²) in [5, 5.41) is 3.20. The van der Waals surface area contributed by atoms with Gasteiger partial charge in [0.25, 0.3) is 5.91 Å². The zero-order valence-electron chi connectivity index (χ0n) is 15.8. The molecule has 28 heavy (non-hydrogen) atoms. The molecule has 0 aromatic heterocycles. The number of sulfonamides is 1. The fourth-order valence-corrected chi connectivity index (χ4v) is 4.27. The average molecular weight is 445 g/mol. The number of amides is 1. The number of hydrogen-bond donors (Lipinski definition) is 1. The lowest BCUT2D eigenvalue weighted by Crippen LogP contribution is -2.27. The Morgan fingerprint density at radius 2 is 2.00 bits per heavy atom. The van der Waals surface area contributed by atoms with Gasteiger partial charge >= 0.3 is 0 Å². The van der Waals surface area contributed by atoms with Crippen molar-refractivity contribution in [2.75, 3.05) is 29.9 Å². The molecule has 2 aromatic rings. The molecule has 0 heterocycles. The summed E-state index contributed by atoms with van der Waals surface area (Å²) in [4.78, 5) is 12.3. The monoisotopic (exact) mass is 444 g/mol. The first-order valence-electron chi connectivity index (χ1n) is 8.44. The van der Waals surface area contributed by atoms with Gasteiger partial charge in [0.1, 0.15) is 5.82 Å². The lowest BCUT2D eigenvalue weighted by Gasteiger charge is -2.19. The third-order valence-corrected chi connectivity index (χ3v) is 6.67. The number of aryl methyl sites for hydroxylation is 1. The summed E-state index contributed by atoms with van der Waals surface area (Å²) < 4.78 is 38.2. The van der Waals surface area contributed by atoms with Crippen LogP contribution in [0.25, 0.3) is 0 Å². The molecule has 1 amide bonds. The number of nitrogens with zero attached hydrogens (tertiary/aromatic N) is 1. The summed E-state index contributed by atoms with van der Waals surface area (Å²) in [6.45, 7) is 2.17. The predicted octanol–water partition coefficient (Wildman–Crippen LogP) is 3.85. The van der Waals surface area contributed by atoms with Gasteiger partial charge in [0.05, 0.1) is 11.9 Å². The molecule has 2 aromatic carbocycles. The van der Waals surface area contributed by atoms with Crippen LogP contribution in [0.2, 0.25) is 5.02 Å². The van der Waals surface area contributed by atoms with Crippen molar-refractivity contribution in [2.45, 2.75) is 12.7 Å². The summed E-state index contributed by atoms with van der Waals surface area (Å²) >= 11 is 7.46. The fraction of sp³-hybridized carbons (Fsp3) is 0.316. The zero-order chi connectivity index (χ0) is 20.9. The van der Waals surface area contributed by atoms with E-state index < -0.39 is 10.0 Å². The van der Waals surface area contributed by atoms with Gasteiger partial charge < -0.3 is 5.32 Å². The molecular weight excluding hydrogens is 423 g/mol. The molecule has 0 atom stereocenters. The second kappa shape index (κ2) is 9.62. The van der Waals surface area contributed by atoms with Crippen LogP contribution in [0.5, 0.6) is 0 Å². The van der Waals surface area contributed by atoms with Crippen molar-refractivity contribution < 1.29 is 17.6 Å². The standard InChI is InChI=1S/C19H22ClFN2O3S2/c1-13-11-14(7-8-18(13)23(2)28(3,25)26)19(24)22-9-10-27-12-15-16(20)5-4-6-17(15)21/h4-8,11H,9-10,12H2,1-3H3,(H,22,24). The molecule has 0 bridgehead atoms. The van der Waals surface area contributed by atoms with E-state index >= 15 is 0 Å². The number of carbonyl (C=O) groups excluding carboxylic acids is 1. The van der Waals surface area contributed by atoms with Gasteiger partial charge in [0.2, 0.25) is 10.0 Å². The smallest absolute Gasteiger partial charge is 0.251 e. The minimum absolute atomic E-state index is 0.249. The predicted molar refractivity (Wildman–Crippen MR) is 114 cm³/mol. The zero-order valence-corrected chi connectivity index (χ0v) is 18.2. The minimum Gasteiger partial charge on any atom is -0.351 e. The van der Waals surface area contributed by atoms with Gasteiger partial charge in [-0.05, 0) is 42.8 Å². The maximum Gasteiger partial charge on any atom is 0.251 e. The molecule has 0 aliphatic carbocycles. The topological polar surface area (TPSA) is 66.5 Å². The van der Waals surface area contributed by atoms with Gasteiger partial charge in [-0.3, -0.25) is 9.10 Å². The molecule has 5 nitrogen and oxygen atoms in total. The van der Waals surface area contributed by atoms with Gasteiger partial charge in [-0.25, -0.2) is 12.8 Å². The van der Waals surface area contributed by atoms with Crippen molar-refractivity contribution in [2.24, 2.45) is 0 Å². The van der Waals surface area contributed by atoms with Gasteiger partial charge in [-0.1, -0.05) is 17.7 Å². The van der Waals surface area contributed by atoms with E-state index in [1.165, 1.54) is 29.2 Å². The molecule has 0 spiro atoms. The Morgan fingerprint density at radius 3 is 2.61 bits per heavy atom. The number of hydrogen-bond acceptors (Lipinski definition) is 4. The van der Waals surface area contributed by atoms with E-state index in [9.17, 15) is 17.6 Å². The number of nitrogens with one attached hydrogen (secondary N) is 1. The molecule has 0 unspecified atom stereocenters. The fourth-order valence-electron chi connectivity index (χ4n) is 2.51. The van der Waals surface area contributed by atoms with E-state index in [0.29, 0.717) is 45.5 Å². The Hall–Kier alpha value is -1.77. The van der Waals surface area contributed by atoms with Crippen molar-refractivity contribution in [1.82, 2.24) is 5.32 Å². The summed E-state index contributed by atoms with van der Waals surface area (Å²) in [5.74, 6) is 0.442. The summed E-state index contributed by atoms with van der Waals surface area (Å²) in [6.07, 6.45) is 1.12. The van der Waals surface area contributed by atoms with Gasteiger partial charge in [0, 0.05) is 41.2 Å². The highest BCUT2D eigenvalue weighted by atomic mass is 35.5. The number of rotatable bonds is 8. The highest BCUT2D eigenvalue weighted by Crippen LogP contribution is 2.24. The van der Waals surface area contributed by atoms with Gasteiger partial charge in [0.15, 0.2) is 0 Å². The Morgan fingerprint density at radius 1 is 1.29 bits per heavy atom. The van der Waals surface area contributed by atoms with E-state index in [2.05, 4.69) is 5.32 Å². The molecule has 1 N–H and O–H groups in total. The van der Waals surface area contributed by atoms with Crippen LogP contribution < -0.4 is 9.62 Å². The molecule has 0 aliphatic heterocycles. The third-order valence-electron chi connectivity index (χ3n) is 4.14. The number of carbonyl (C=O) groups is 1. The number of benzene rings is 2. The number of thioether (sulfide) groups is 1. The van der Waals surface area contributed by atoms with Crippen molar-refractivity contribution in [3.05, 3.63) is 63.9 Å². The van der Waals surface area contributed by atoms with E-state index in [4.69, 9.17) is 11.6 Å². The minimum atomic E-state index is -3.37. The lowest BCUT2D eigenvalue weighted by atomic mass is 10.1. The quantitative estimate of drug-likeness (QED) is 0.628. The molecule has 0 fully saturated rings. The molecule has 0 saturated carbocycles. The van der Waals surface area contributed by atoms with Crippen molar-refractivity contribution >= 4 is 45.0 Å². The summed E-state index contributed by atoms with van der Waals surface area (Å²) in [7, 11) is -1.90. The number of anilines is 1. The van der Waals surface area contributed by atoms with Crippen LogP contribution in [-0.2, 0) is 15.8 Å². The maximum absolute atomic E-state index is 13.7. The van der Waals surface area contributed by atoms with Crippen molar-refractivity contribution in [3.8, 4) is 0 Å². The van der Waals surface area contributed by atoms with Crippen LogP contribution >= 0.6 is 23.4 Å². The van der Waals surface area contributed by atoms with Crippen LogP contribution in [0, 0.1) is 12.7 Å². The van der Waals surface area contributed by atoms with Gasteiger partial charge in [-0.15, -0.1) is 0 Å². The number of halogens is 2. The van der Waals surface area contributed by atoms with E-state index in [1.807, 2.05) is 0 Å². The van der Waals surface area contributed by atoms with Crippen molar-refractivity contribution in [3.63, 3.8) is 0 Å². The summed E-state index contributed by atoms with van der Waals surface area (Å²) in [6, 6.07) is 9.43.